The van der Waals surface area contributed by atoms with Crippen molar-refractivity contribution >= 4 is 22.2 Å². The van der Waals surface area contributed by atoms with Gasteiger partial charge in [0.15, 0.2) is 0 Å². The Hall–Kier alpha value is -1.72. The summed E-state index contributed by atoms with van der Waals surface area (Å²) in [5.41, 5.74) is 2.46. The Kier molecular flexibility index (Phi) is 3.06. The average molecular weight is 324 g/mol. The van der Waals surface area contributed by atoms with Crippen LogP contribution in [0.5, 0.6) is 0 Å². The molecule has 5 heterocycles. The van der Waals surface area contributed by atoms with E-state index in [9.17, 15) is 0 Å². The van der Waals surface area contributed by atoms with Crippen molar-refractivity contribution in [3.63, 3.8) is 0 Å². The van der Waals surface area contributed by atoms with Gasteiger partial charge in [-0.2, -0.15) is 5.10 Å². The molecule has 3 saturated heterocycles. The zero-order valence-corrected chi connectivity index (χ0v) is 14.1. The van der Waals surface area contributed by atoms with E-state index in [1.54, 1.807) is 11.3 Å². The van der Waals surface area contributed by atoms with Crippen LogP contribution < -0.4 is 0 Å². The number of thiazole rings is 1. The Balaban J connectivity index is 1.54. The van der Waals surface area contributed by atoms with Crippen molar-refractivity contribution in [1.82, 2.24) is 19.7 Å². The van der Waals surface area contributed by atoms with E-state index < -0.39 is 0 Å². The fourth-order valence-corrected chi connectivity index (χ4v) is 4.91. The highest BCUT2D eigenvalue weighted by atomic mass is 32.1. The molecule has 0 unspecified atom stereocenters. The molecule has 6 rings (SSSR count). The number of rotatable bonds is 2. The van der Waals surface area contributed by atoms with E-state index in [1.807, 2.05) is 12.4 Å². The zero-order valence-electron chi connectivity index (χ0n) is 13.3. The smallest absolute Gasteiger partial charge is 0.123 e. The summed E-state index contributed by atoms with van der Waals surface area (Å²) in [7, 11) is 0. The molecule has 1 atom stereocenters. The number of benzene rings is 1. The summed E-state index contributed by atoms with van der Waals surface area (Å²) in [6.07, 6.45) is 6.61. The molecule has 0 spiro atoms. The third kappa shape index (κ3) is 2.22. The lowest BCUT2D eigenvalue weighted by Crippen LogP contribution is -2.48. The number of aryl methyl sites for hydroxylation is 1. The van der Waals surface area contributed by atoms with Crippen LogP contribution in [0, 0.1) is 12.8 Å². The molecule has 5 heteroatoms. The summed E-state index contributed by atoms with van der Waals surface area (Å²) < 4.78 is 2.28. The zero-order chi connectivity index (χ0) is 15.4. The van der Waals surface area contributed by atoms with Gasteiger partial charge < -0.3 is 4.90 Å². The van der Waals surface area contributed by atoms with Gasteiger partial charge in [-0.25, -0.2) is 4.98 Å². The van der Waals surface area contributed by atoms with Crippen molar-refractivity contribution < 1.29 is 0 Å². The van der Waals surface area contributed by atoms with Gasteiger partial charge in [-0.3, -0.25) is 4.68 Å². The molecule has 3 aromatic rings. The maximum absolute atomic E-state index is 4.75. The summed E-state index contributed by atoms with van der Waals surface area (Å²) >= 11 is 1.75. The third-order valence-electron chi connectivity index (χ3n) is 5.40. The Bertz CT molecular complexity index is 857. The van der Waals surface area contributed by atoms with Crippen molar-refractivity contribution in [2.75, 3.05) is 19.6 Å². The molecule has 2 bridgehead atoms. The maximum atomic E-state index is 4.75. The Morgan fingerprint density at radius 2 is 2.04 bits per heavy atom. The maximum Gasteiger partial charge on any atom is 0.123 e. The minimum absolute atomic E-state index is 0.544. The van der Waals surface area contributed by atoms with E-state index in [2.05, 4.69) is 39.7 Å². The highest BCUT2D eigenvalue weighted by Gasteiger charge is 2.36. The second-order valence-electron chi connectivity index (χ2n) is 6.84. The molecule has 1 aromatic carbocycles. The number of piperidine rings is 3. The quantitative estimate of drug-likeness (QED) is 0.720. The summed E-state index contributed by atoms with van der Waals surface area (Å²) in [6.45, 7) is 5.81. The first-order valence-corrected chi connectivity index (χ1v) is 9.22. The van der Waals surface area contributed by atoms with Gasteiger partial charge in [0, 0.05) is 28.6 Å². The van der Waals surface area contributed by atoms with Gasteiger partial charge in [-0.05, 0) is 57.0 Å². The summed E-state index contributed by atoms with van der Waals surface area (Å²) in [5.74, 6) is 0.796. The third-order valence-corrected chi connectivity index (χ3v) is 6.36. The van der Waals surface area contributed by atoms with Crippen LogP contribution in [0.2, 0.25) is 0 Å². The van der Waals surface area contributed by atoms with Gasteiger partial charge in [0.1, 0.15) is 5.01 Å². The average Bonchev–Trinajstić information content (AvgIpc) is 3.21. The molecule has 2 aromatic heterocycles. The minimum Gasteiger partial charge on any atom is -0.301 e. The number of hydrogen-bond donors (Lipinski definition) is 0. The first-order chi connectivity index (χ1) is 11.3. The first kappa shape index (κ1) is 13.7. The van der Waals surface area contributed by atoms with Gasteiger partial charge in [-0.1, -0.05) is 0 Å². The molecule has 0 amide bonds. The molecule has 3 aliphatic heterocycles. The van der Waals surface area contributed by atoms with Crippen LogP contribution in [-0.4, -0.2) is 39.3 Å². The molecule has 0 saturated carbocycles. The predicted octanol–water partition coefficient (Wildman–Crippen LogP) is 3.73. The highest BCUT2D eigenvalue weighted by molar-refractivity contribution is 7.14. The van der Waals surface area contributed by atoms with Crippen LogP contribution >= 0.6 is 11.3 Å². The molecule has 3 fully saturated rings. The van der Waals surface area contributed by atoms with Crippen LogP contribution in [0.3, 0.4) is 0 Å². The molecule has 23 heavy (non-hydrogen) atoms. The van der Waals surface area contributed by atoms with Gasteiger partial charge in [0.25, 0.3) is 0 Å². The fraction of sp³-hybridized carbons (Fsp3) is 0.444. The van der Waals surface area contributed by atoms with Crippen LogP contribution in [0.15, 0.2) is 30.6 Å². The highest BCUT2D eigenvalue weighted by Crippen LogP contribution is 2.37. The lowest BCUT2D eigenvalue weighted by Gasteiger charge is -2.44. The Labute approximate surface area is 139 Å². The number of nitrogens with zero attached hydrogens (tertiary/aromatic N) is 4. The van der Waals surface area contributed by atoms with Crippen LogP contribution in [0.4, 0.5) is 0 Å². The van der Waals surface area contributed by atoms with Gasteiger partial charge in [0.2, 0.25) is 0 Å². The summed E-state index contributed by atoms with van der Waals surface area (Å²) in [4.78, 5) is 8.35. The van der Waals surface area contributed by atoms with E-state index in [1.165, 1.54) is 47.3 Å². The summed E-state index contributed by atoms with van der Waals surface area (Å²) in [6, 6.07) is 7.20. The lowest BCUT2D eigenvalue weighted by molar-refractivity contribution is 0.0534. The molecular weight excluding hydrogens is 304 g/mol. The Morgan fingerprint density at radius 3 is 2.74 bits per heavy atom. The van der Waals surface area contributed by atoms with Crippen LogP contribution in [-0.2, 0) is 0 Å². The molecule has 0 aliphatic carbocycles. The van der Waals surface area contributed by atoms with E-state index in [0.29, 0.717) is 6.04 Å². The molecular formula is C18H20N4S. The standard InChI is InChI=1S/C18H20N4S/c1-12-9-19-18(23-12)14-2-3-16-15(8-14)10-20-22(16)17-11-21-6-4-13(17)5-7-21/h2-3,8-10,13,17H,4-7,11H2,1H3/t17-/m1/s1. The second-order valence-corrected chi connectivity index (χ2v) is 8.08. The summed E-state index contributed by atoms with van der Waals surface area (Å²) in [5, 5.41) is 7.08. The van der Waals surface area contributed by atoms with E-state index in [-0.39, 0.29) is 0 Å². The molecule has 0 radical (unpaired) electrons. The molecule has 0 N–H and O–H groups in total. The van der Waals surface area contributed by atoms with E-state index in [0.717, 1.165) is 17.5 Å². The van der Waals surface area contributed by atoms with Crippen molar-refractivity contribution in [3.05, 3.63) is 35.5 Å². The van der Waals surface area contributed by atoms with E-state index >= 15 is 0 Å². The van der Waals surface area contributed by atoms with Gasteiger partial charge in [-0.15, -0.1) is 11.3 Å². The van der Waals surface area contributed by atoms with Crippen LogP contribution in [0.1, 0.15) is 23.8 Å². The molecule has 3 aliphatic rings. The second kappa shape index (κ2) is 5.14. The Morgan fingerprint density at radius 1 is 1.17 bits per heavy atom. The number of hydrogen-bond acceptors (Lipinski definition) is 4. The van der Waals surface area contributed by atoms with Crippen molar-refractivity contribution in [1.29, 1.82) is 0 Å². The molecule has 4 nitrogen and oxygen atoms in total. The van der Waals surface area contributed by atoms with Crippen LogP contribution in [0.25, 0.3) is 21.5 Å². The van der Waals surface area contributed by atoms with Crippen molar-refractivity contribution in [3.8, 4) is 10.6 Å². The SMILES string of the molecule is Cc1cnc(-c2ccc3c(cnn3[C@@H]3CN4CCC3CC4)c2)s1. The van der Waals surface area contributed by atoms with Gasteiger partial charge in [0.05, 0.1) is 17.8 Å². The lowest BCUT2D eigenvalue weighted by atomic mass is 9.84. The normalized spacial score (nSPS) is 26.9. The topological polar surface area (TPSA) is 34.0 Å². The van der Waals surface area contributed by atoms with Gasteiger partial charge >= 0.3 is 0 Å². The molecule has 118 valence electrons. The first-order valence-electron chi connectivity index (χ1n) is 8.40. The predicted molar refractivity (Wildman–Crippen MR) is 93.8 cm³/mol. The van der Waals surface area contributed by atoms with Crippen molar-refractivity contribution in [2.24, 2.45) is 5.92 Å². The van der Waals surface area contributed by atoms with E-state index in [4.69, 9.17) is 5.10 Å². The minimum atomic E-state index is 0.544. The number of fused-ring (bicyclic) bond motifs is 4. The number of aromatic nitrogens is 3. The fourth-order valence-electron chi connectivity index (χ4n) is 4.15. The van der Waals surface area contributed by atoms with Crippen molar-refractivity contribution in [2.45, 2.75) is 25.8 Å². The largest absolute Gasteiger partial charge is 0.301 e. The monoisotopic (exact) mass is 324 g/mol.